The zero-order chi connectivity index (χ0) is 19.9. The molecular formula is C10F2Fe5N10. The molecule has 0 aromatic carbocycles. The Bertz CT molecular complexity index is 803. The summed E-state index contributed by atoms with van der Waals surface area (Å²) in [5, 5.41) is 82.4. The van der Waals surface area contributed by atoms with Crippen molar-refractivity contribution in [2.75, 3.05) is 0 Å². The van der Waals surface area contributed by atoms with Crippen molar-refractivity contribution in [1.29, 1.82) is 52.6 Å². The monoisotopic (exact) mass is 578 g/mol. The molecular weight excluding hydrogens is 577 g/mol. The number of hydrogen-bond donors (Lipinski definition) is 0. The fourth-order valence-electron chi connectivity index (χ4n) is 0.354. The molecule has 0 unspecified atom stereocenters. The molecule has 0 aromatic heterocycles. The predicted octanol–water partition coefficient (Wildman–Crippen LogP) is 0.996. The van der Waals surface area contributed by atoms with Gasteiger partial charge < -0.3 is 0 Å². The summed E-state index contributed by atoms with van der Waals surface area (Å²) in [6.07, 6.45) is 0. The molecule has 0 rings (SSSR count). The number of rotatable bonds is 0. The molecule has 0 aliphatic rings. The van der Waals surface area contributed by atoms with Crippen molar-refractivity contribution in [3.8, 4) is 49.7 Å². The van der Waals surface area contributed by atoms with E-state index in [0.29, 0.717) is 49.7 Å². The fourth-order valence-corrected chi connectivity index (χ4v) is 1.46. The summed E-state index contributed by atoms with van der Waals surface area (Å²) in [6.45, 7) is 0. The standard InChI is InChI=1S/10CN.2FH.5Fe/c10*1-2;;;;;;;/h;;;;;;;;;;2*1H;;;;;/q;;;;;;;;;;;;2*-2;3*+2/p-2. The van der Waals surface area contributed by atoms with Crippen LogP contribution in [0.5, 0.6) is 0 Å². The van der Waals surface area contributed by atoms with Gasteiger partial charge in [0.1, 0.15) is 0 Å². The number of hydrogen-bond acceptors (Lipinski definition) is 10. The van der Waals surface area contributed by atoms with Crippen molar-refractivity contribution in [3.05, 3.63) is 0 Å². The number of halogens is 2. The van der Waals surface area contributed by atoms with Gasteiger partial charge in [0.2, 0.25) is 0 Å². The molecule has 0 spiro atoms. The molecule has 0 aliphatic carbocycles. The van der Waals surface area contributed by atoms with Crippen LogP contribution < -0.4 is 0 Å². The third-order valence-electron chi connectivity index (χ3n) is 1.88. The minimum atomic E-state index is -6.93. The second-order valence-electron chi connectivity index (χ2n) is 3.23. The summed E-state index contributed by atoms with van der Waals surface area (Å²) in [6, 6.07) is 0. The molecule has 144 valence electrons. The largest absolute Gasteiger partial charge is 2.00 e. The van der Waals surface area contributed by atoms with E-state index in [1.54, 1.807) is 0 Å². The van der Waals surface area contributed by atoms with Gasteiger partial charge in [-0.3, -0.25) is 0 Å². The van der Waals surface area contributed by atoms with Gasteiger partial charge in [0.05, 0.1) is 0 Å². The van der Waals surface area contributed by atoms with Gasteiger partial charge in [0.25, 0.3) is 0 Å². The molecule has 0 saturated carbocycles. The molecule has 0 aromatic rings. The molecule has 0 aliphatic heterocycles. The van der Waals surface area contributed by atoms with Gasteiger partial charge in [0.15, 0.2) is 0 Å². The molecule has 0 saturated heterocycles. The van der Waals surface area contributed by atoms with E-state index in [1.165, 1.54) is 0 Å². The third-order valence-corrected chi connectivity index (χ3v) is 7.75. The second-order valence-corrected chi connectivity index (χ2v) is 13.3. The van der Waals surface area contributed by atoms with Crippen LogP contribution in [0.1, 0.15) is 0 Å². The zero-order valence-corrected chi connectivity index (χ0v) is 17.5. The van der Waals surface area contributed by atoms with E-state index in [-0.39, 0.29) is 51.2 Å². The van der Waals surface area contributed by atoms with E-state index in [9.17, 15) is 7.10 Å². The summed E-state index contributed by atoms with van der Waals surface area (Å²) in [5.74, 6) is 0. The van der Waals surface area contributed by atoms with Crippen molar-refractivity contribution in [2.45, 2.75) is 0 Å². The van der Waals surface area contributed by atoms with E-state index >= 15 is 0 Å². The maximum absolute atomic E-state index is 13.6. The molecule has 0 bridgehead atoms. The molecule has 17 heteroatoms. The Labute approximate surface area is 181 Å². The minimum Gasteiger partial charge on any atom is 2.00 e. The average Bonchev–Trinajstić information content (AvgIpc) is 2.69. The van der Waals surface area contributed by atoms with Crippen LogP contribution in [-0.4, -0.2) is 0 Å². The molecule has 0 radical (unpaired) electrons. The van der Waals surface area contributed by atoms with E-state index in [1.807, 2.05) is 0 Å². The first-order chi connectivity index (χ1) is 10.8. The van der Waals surface area contributed by atoms with E-state index in [4.69, 9.17) is 52.6 Å². The van der Waals surface area contributed by atoms with Crippen LogP contribution in [0.3, 0.4) is 0 Å². The van der Waals surface area contributed by atoms with Gasteiger partial charge in [-0.1, -0.05) is 0 Å². The van der Waals surface area contributed by atoms with Gasteiger partial charge >= 0.3 is 183 Å². The average molecular weight is 577 g/mol. The molecule has 10 nitrogen and oxygen atoms in total. The second kappa shape index (κ2) is 8.37. The third kappa shape index (κ3) is 4.75. The summed E-state index contributed by atoms with van der Waals surface area (Å²) < 4.78 is 27.1. The summed E-state index contributed by atoms with van der Waals surface area (Å²) >= 11 is -13.9. The Morgan fingerprint density at radius 1 is 0.333 bits per heavy atom. The van der Waals surface area contributed by atoms with Gasteiger partial charge in [0, 0.05) is 0 Å². The molecule has 0 heterocycles. The smallest absolute Gasteiger partial charge is 2.00 e. The summed E-state index contributed by atoms with van der Waals surface area (Å²) in [5.41, 5.74) is 0. The summed E-state index contributed by atoms with van der Waals surface area (Å²) in [7, 11) is 0. The quantitative estimate of drug-likeness (QED) is 0.370. The zero-order valence-electron chi connectivity index (χ0n) is 12.0. The van der Waals surface area contributed by atoms with E-state index in [0.717, 1.165) is 0 Å². The van der Waals surface area contributed by atoms with Crippen molar-refractivity contribution in [2.24, 2.45) is 0 Å². The maximum atomic E-state index is 13.6. The van der Waals surface area contributed by atoms with Gasteiger partial charge in [-0.25, -0.2) is 0 Å². The van der Waals surface area contributed by atoms with Crippen LogP contribution in [0.15, 0.2) is 0 Å². The van der Waals surface area contributed by atoms with Crippen LogP contribution in [0, 0.1) is 102 Å². The number of nitriles is 10. The fraction of sp³-hybridized carbons (Fsp3) is 0. The van der Waals surface area contributed by atoms with Crippen LogP contribution >= 0.6 is 0 Å². The minimum absolute atomic E-state index is 0. The van der Waals surface area contributed by atoms with Crippen molar-refractivity contribution in [3.63, 3.8) is 0 Å². The van der Waals surface area contributed by atoms with Crippen LogP contribution in [0.2, 0.25) is 0 Å². The Morgan fingerprint density at radius 3 is 0.407 bits per heavy atom. The molecule has 0 atom stereocenters. The van der Waals surface area contributed by atoms with Crippen molar-refractivity contribution in [1.82, 2.24) is 0 Å². The summed E-state index contributed by atoms with van der Waals surface area (Å²) in [4.78, 5) is 6.39. The van der Waals surface area contributed by atoms with Crippen molar-refractivity contribution < 1.29 is 80.7 Å². The van der Waals surface area contributed by atoms with E-state index < -0.39 is 22.4 Å². The molecule has 0 N–H and O–H groups in total. The predicted molar refractivity (Wildman–Crippen MR) is 58.3 cm³/mol. The SMILES string of the molecule is N#[C][Fe-3]([F])([C]#N)([C]#N)([C]#N)[C]#N.N#[C][Fe-3]([F])([C]#N)([C]#N)([C]#N)[C]#N.[Fe+2].[Fe+2].[Fe+2]. The normalized spacial score (nSPS) is 12.7. The number of nitrogens with zero attached hydrogens (tertiary/aromatic N) is 10. The van der Waals surface area contributed by atoms with Gasteiger partial charge in [-0.2, -0.15) is 0 Å². The van der Waals surface area contributed by atoms with Crippen LogP contribution in [-0.2, 0) is 73.6 Å². The Balaban J connectivity index is -0.000000108. The molecule has 0 fully saturated rings. The van der Waals surface area contributed by atoms with Crippen LogP contribution in [0.25, 0.3) is 0 Å². The van der Waals surface area contributed by atoms with Gasteiger partial charge in [-0.15, -0.1) is 0 Å². The first kappa shape index (κ1) is 35.5. The Morgan fingerprint density at radius 2 is 0.407 bits per heavy atom. The first-order valence-corrected chi connectivity index (χ1v) is 10.6. The first-order valence-electron chi connectivity index (χ1n) is 4.27. The topological polar surface area (TPSA) is 238 Å². The molecule has 27 heavy (non-hydrogen) atoms. The Kier molecular flexibility index (Phi) is 11.0. The van der Waals surface area contributed by atoms with E-state index in [2.05, 4.69) is 0 Å². The molecule has 0 amide bonds. The van der Waals surface area contributed by atoms with Crippen LogP contribution in [0.4, 0.5) is 7.10 Å². The maximum Gasteiger partial charge on any atom is 2.00 e. The van der Waals surface area contributed by atoms with Crippen molar-refractivity contribution >= 4 is 0 Å². The Hall–Kier alpha value is -2.64. The van der Waals surface area contributed by atoms with Gasteiger partial charge in [-0.05, 0) is 0 Å².